The lowest BCUT2D eigenvalue weighted by Crippen LogP contribution is -2.29. The van der Waals surface area contributed by atoms with Crippen LogP contribution in [0.4, 0.5) is 0 Å². The Balaban J connectivity index is 2.03. The number of nitrogens with two attached hydrogens (primary N) is 1. The Morgan fingerprint density at radius 3 is 2.90 bits per heavy atom. The van der Waals surface area contributed by atoms with E-state index in [1.807, 2.05) is 6.92 Å². The minimum Gasteiger partial charge on any atom is -0.456 e. The topological polar surface area (TPSA) is 71.5 Å². The van der Waals surface area contributed by atoms with E-state index in [0.29, 0.717) is 5.41 Å². The van der Waals surface area contributed by atoms with E-state index in [4.69, 9.17) is 10.3 Å². The number of carbonyl (C=O) groups is 1. The molecule has 1 aliphatic rings. The second kappa shape index (κ2) is 5.97. The van der Waals surface area contributed by atoms with Gasteiger partial charge in [-0.25, -0.2) is 5.84 Å². The van der Waals surface area contributed by atoms with E-state index in [-0.39, 0.29) is 11.7 Å². The largest absolute Gasteiger partial charge is 0.456 e. The Kier molecular flexibility index (Phi) is 4.50. The number of nitrogens with one attached hydrogen (secondary N) is 1. The molecule has 0 spiro atoms. The third-order valence-corrected chi connectivity index (χ3v) is 4.20. The van der Waals surface area contributed by atoms with Gasteiger partial charge in [0.1, 0.15) is 5.76 Å². The van der Waals surface area contributed by atoms with Crippen molar-refractivity contribution >= 4 is 5.91 Å². The maximum Gasteiger partial charge on any atom is 0.300 e. The van der Waals surface area contributed by atoms with E-state index in [1.54, 1.807) is 6.07 Å². The minimum atomic E-state index is -0.378. The number of carbonyl (C=O) groups excluding carboxylic acids is 1. The van der Waals surface area contributed by atoms with Crippen molar-refractivity contribution in [2.24, 2.45) is 11.3 Å². The lowest BCUT2D eigenvalue weighted by molar-refractivity contribution is 0.0924. The predicted molar refractivity (Wildman–Crippen MR) is 78.0 cm³/mol. The molecular formula is C15H25N3O2. The van der Waals surface area contributed by atoms with Gasteiger partial charge in [0, 0.05) is 12.1 Å². The molecule has 1 aromatic rings. The maximum absolute atomic E-state index is 11.5. The third kappa shape index (κ3) is 3.61. The van der Waals surface area contributed by atoms with Crippen LogP contribution in [0.2, 0.25) is 0 Å². The number of hydrogen-bond donors (Lipinski definition) is 2. The Morgan fingerprint density at radius 1 is 1.45 bits per heavy atom. The van der Waals surface area contributed by atoms with Crippen molar-refractivity contribution in [2.45, 2.75) is 46.6 Å². The van der Waals surface area contributed by atoms with Gasteiger partial charge in [-0.1, -0.05) is 13.8 Å². The molecule has 5 nitrogen and oxygen atoms in total. The number of furan rings is 1. The van der Waals surface area contributed by atoms with Gasteiger partial charge >= 0.3 is 5.91 Å². The molecule has 0 saturated carbocycles. The van der Waals surface area contributed by atoms with Gasteiger partial charge < -0.3 is 4.42 Å². The van der Waals surface area contributed by atoms with Gasteiger partial charge in [-0.3, -0.25) is 15.1 Å². The van der Waals surface area contributed by atoms with E-state index in [2.05, 4.69) is 24.2 Å². The molecule has 0 unspecified atom stereocenters. The third-order valence-electron chi connectivity index (χ3n) is 4.20. The van der Waals surface area contributed by atoms with Gasteiger partial charge in [-0.2, -0.15) is 0 Å². The molecule has 0 bridgehead atoms. The highest BCUT2D eigenvalue weighted by Gasteiger charge is 2.24. The SMILES string of the molecule is Cc1oc(C(=O)NN)cc1CN1CCCC(C)(C)CC1. The fourth-order valence-electron chi connectivity index (χ4n) is 2.74. The summed E-state index contributed by atoms with van der Waals surface area (Å²) in [5.74, 6) is 5.84. The highest BCUT2D eigenvalue weighted by Crippen LogP contribution is 2.30. The highest BCUT2D eigenvalue weighted by molar-refractivity contribution is 5.91. The standard InChI is InChI=1S/C15H25N3O2/c1-11-12(9-13(20-11)14(19)17-16)10-18-7-4-5-15(2,3)6-8-18/h9H,4-8,10,16H2,1-3H3,(H,17,19). The number of hydrazine groups is 1. The van der Waals surface area contributed by atoms with Crippen molar-refractivity contribution in [2.75, 3.05) is 13.1 Å². The lowest BCUT2D eigenvalue weighted by atomic mass is 9.85. The second-order valence-electron chi connectivity index (χ2n) is 6.46. The van der Waals surface area contributed by atoms with Crippen LogP contribution in [0.25, 0.3) is 0 Å². The first kappa shape index (κ1) is 15.1. The van der Waals surface area contributed by atoms with Crippen LogP contribution in [0.15, 0.2) is 10.5 Å². The highest BCUT2D eigenvalue weighted by atomic mass is 16.4. The van der Waals surface area contributed by atoms with Crippen LogP contribution in [0.5, 0.6) is 0 Å². The first-order valence-corrected chi connectivity index (χ1v) is 7.24. The summed E-state index contributed by atoms with van der Waals surface area (Å²) in [6.07, 6.45) is 3.70. The fourth-order valence-corrected chi connectivity index (χ4v) is 2.74. The van der Waals surface area contributed by atoms with Crippen LogP contribution in [-0.4, -0.2) is 23.9 Å². The molecule has 0 atom stereocenters. The summed E-state index contributed by atoms with van der Waals surface area (Å²) in [4.78, 5) is 13.9. The molecule has 0 aromatic carbocycles. The zero-order valence-corrected chi connectivity index (χ0v) is 12.7. The van der Waals surface area contributed by atoms with Crippen LogP contribution in [0.1, 0.15) is 55.0 Å². The minimum absolute atomic E-state index is 0.287. The molecule has 1 aliphatic heterocycles. The van der Waals surface area contributed by atoms with Gasteiger partial charge in [-0.05, 0) is 50.8 Å². The van der Waals surface area contributed by atoms with E-state index < -0.39 is 0 Å². The van der Waals surface area contributed by atoms with Crippen molar-refractivity contribution in [3.63, 3.8) is 0 Å². The average molecular weight is 279 g/mol. The molecule has 1 amide bonds. The fraction of sp³-hybridized carbons (Fsp3) is 0.667. The molecule has 1 saturated heterocycles. The van der Waals surface area contributed by atoms with Gasteiger partial charge in [-0.15, -0.1) is 0 Å². The molecule has 3 N–H and O–H groups in total. The van der Waals surface area contributed by atoms with Crippen LogP contribution >= 0.6 is 0 Å². The number of nitrogens with zero attached hydrogens (tertiary/aromatic N) is 1. The van der Waals surface area contributed by atoms with E-state index in [9.17, 15) is 4.79 Å². The molecule has 0 radical (unpaired) electrons. The van der Waals surface area contributed by atoms with Crippen molar-refractivity contribution in [1.82, 2.24) is 10.3 Å². The monoisotopic (exact) mass is 279 g/mol. The molecule has 20 heavy (non-hydrogen) atoms. The van der Waals surface area contributed by atoms with Crippen molar-refractivity contribution in [1.29, 1.82) is 0 Å². The predicted octanol–water partition coefficient (Wildman–Crippen LogP) is 2.20. The van der Waals surface area contributed by atoms with E-state index in [1.165, 1.54) is 19.3 Å². The number of rotatable bonds is 3. The van der Waals surface area contributed by atoms with Crippen molar-refractivity contribution < 1.29 is 9.21 Å². The molecule has 5 heteroatoms. The van der Waals surface area contributed by atoms with E-state index in [0.717, 1.165) is 31.0 Å². The molecule has 1 fully saturated rings. The Hall–Kier alpha value is -1.33. The quantitative estimate of drug-likeness (QED) is 0.505. The van der Waals surface area contributed by atoms with Crippen molar-refractivity contribution in [3.05, 3.63) is 23.2 Å². The summed E-state index contributed by atoms with van der Waals surface area (Å²) >= 11 is 0. The normalized spacial score (nSPS) is 19.6. The van der Waals surface area contributed by atoms with Crippen LogP contribution < -0.4 is 11.3 Å². The smallest absolute Gasteiger partial charge is 0.300 e. The van der Waals surface area contributed by atoms with Crippen LogP contribution in [0, 0.1) is 12.3 Å². The molecule has 1 aromatic heterocycles. The molecule has 0 aliphatic carbocycles. The first-order chi connectivity index (χ1) is 9.41. The maximum atomic E-state index is 11.5. The summed E-state index contributed by atoms with van der Waals surface area (Å²) < 4.78 is 5.46. The van der Waals surface area contributed by atoms with E-state index >= 15 is 0 Å². The zero-order chi connectivity index (χ0) is 14.8. The number of nitrogen functional groups attached to an aromatic ring is 1. The van der Waals surface area contributed by atoms with Crippen molar-refractivity contribution in [3.8, 4) is 0 Å². The summed E-state index contributed by atoms with van der Waals surface area (Å²) in [6.45, 7) is 9.60. The van der Waals surface area contributed by atoms with Crippen LogP contribution in [-0.2, 0) is 6.54 Å². The summed E-state index contributed by atoms with van der Waals surface area (Å²) in [5, 5.41) is 0. The van der Waals surface area contributed by atoms with Gasteiger partial charge in [0.15, 0.2) is 5.76 Å². The zero-order valence-electron chi connectivity index (χ0n) is 12.7. The molecule has 2 rings (SSSR count). The molecule has 2 heterocycles. The van der Waals surface area contributed by atoms with Crippen LogP contribution in [0.3, 0.4) is 0 Å². The number of hydrogen-bond acceptors (Lipinski definition) is 4. The Labute approximate surface area is 120 Å². The number of likely N-dealkylation sites (tertiary alicyclic amines) is 1. The Morgan fingerprint density at radius 2 is 2.20 bits per heavy atom. The summed E-state index contributed by atoms with van der Waals surface area (Å²) in [5.41, 5.74) is 3.61. The van der Waals surface area contributed by atoms with Gasteiger partial charge in [0.05, 0.1) is 0 Å². The van der Waals surface area contributed by atoms with Gasteiger partial charge in [0.25, 0.3) is 0 Å². The Bertz CT molecular complexity index is 479. The summed E-state index contributed by atoms with van der Waals surface area (Å²) in [7, 11) is 0. The van der Waals surface area contributed by atoms with Gasteiger partial charge in [0.2, 0.25) is 0 Å². The molecule has 112 valence electrons. The second-order valence-corrected chi connectivity index (χ2v) is 6.46. The molecular weight excluding hydrogens is 254 g/mol. The summed E-state index contributed by atoms with van der Waals surface area (Å²) in [6, 6.07) is 1.80. The lowest BCUT2D eigenvalue weighted by Gasteiger charge is -2.23. The number of amides is 1. The number of aryl methyl sites for hydroxylation is 1. The first-order valence-electron chi connectivity index (χ1n) is 7.24. The average Bonchev–Trinajstić information content (AvgIpc) is 2.66.